The first-order valence-electron chi connectivity index (χ1n) is 9.64. The van der Waals surface area contributed by atoms with Crippen molar-refractivity contribution in [3.8, 4) is 0 Å². The normalized spacial score (nSPS) is 16.6. The van der Waals surface area contributed by atoms with Crippen LogP contribution in [0, 0.1) is 6.92 Å². The van der Waals surface area contributed by atoms with Gasteiger partial charge in [0.05, 0.1) is 18.4 Å². The Bertz CT molecular complexity index is 829. The number of ether oxygens (including phenoxy) is 1. The molecule has 3 rings (SSSR count). The number of hydrogen-bond donors (Lipinski definition) is 1. The van der Waals surface area contributed by atoms with Crippen molar-refractivity contribution >= 4 is 11.9 Å². The number of esters is 1. The second kappa shape index (κ2) is 9.01. The quantitative estimate of drug-likeness (QED) is 0.558. The molecule has 28 heavy (non-hydrogen) atoms. The molecular weight excluding hydrogens is 356 g/mol. The van der Waals surface area contributed by atoms with Gasteiger partial charge in [-0.2, -0.15) is 5.10 Å². The average molecular weight is 384 g/mol. The second-order valence-electron chi connectivity index (χ2n) is 7.28. The fraction of sp³-hybridized carbons (Fsp3) is 0.476. The summed E-state index contributed by atoms with van der Waals surface area (Å²) in [6, 6.07) is 7.67. The van der Waals surface area contributed by atoms with E-state index in [4.69, 9.17) is 4.74 Å². The van der Waals surface area contributed by atoms with Gasteiger partial charge >= 0.3 is 5.97 Å². The van der Waals surface area contributed by atoms with Gasteiger partial charge in [-0.25, -0.2) is 4.79 Å². The van der Waals surface area contributed by atoms with Gasteiger partial charge in [-0.05, 0) is 44.0 Å². The fourth-order valence-electron chi connectivity index (χ4n) is 3.68. The molecule has 1 aromatic heterocycles. The Morgan fingerprint density at radius 1 is 1.32 bits per heavy atom. The number of carbonyl (C=O) groups excluding carboxylic acids is 2. The summed E-state index contributed by atoms with van der Waals surface area (Å²) in [6.07, 6.45) is 4.45. The number of carbonyl (C=O) groups is 2. The highest BCUT2D eigenvalue weighted by Crippen LogP contribution is 2.24. The van der Waals surface area contributed by atoms with Gasteiger partial charge in [0, 0.05) is 44.4 Å². The number of aromatic nitrogens is 2. The third-order valence-corrected chi connectivity index (χ3v) is 5.27. The van der Waals surface area contributed by atoms with Crippen LogP contribution in [-0.4, -0.2) is 46.3 Å². The lowest BCUT2D eigenvalue weighted by Crippen LogP contribution is -2.34. The van der Waals surface area contributed by atoms with Crippen LogP contribution in [-0.2, 0) is 29.7 Å². The lowest BCUT2D eigenvalue weighted by atomic mass is 10.1. The van der Waals surface area contributed by atoms with Gasteiger partial charge in [0.1, 0.15) is 0 Å². The van der Waals surface area contributed by atoms with Gasteiger partial charge < -0.3 is 15.0 Å². The van der Waals surface area contributed by atoms with Crippen molar-refractivity contribution in [2.75, 3.05) is 13.7 Å². The van der Waals surface area contributed by atoms with Crippen LogP contribution >= 0.6 is 0 Å². The number of amides is 1. The average Bonchev–Trinajstić information content (AvgIpc) is 3.20. The third kappa shape index (κ3) is 4.78. The molecule has 0 bridgehead atoms. The molecule has 1 amide bonds. The zero-order valence-corrected chi connectivity index (χ0v) is 16.8. The summed E-state index contributed by atoms with van der Waals surface area (Å²) in [4.78, 5) is 25.8. The highest BCUT2D eigenvalue weighted by Gasteiger charge is 2.31. The lowest BCUT2D eigenvalue weighted by molar-refractivity contribution is -0.129. The molecule has 0 saturated carbocycles. The molecule has 1 aliphatic rings. The number of benzene rings is 1. The van der Waals surface area contributed by atoms with Crippen LogP contribution in [0.2, 0.25) is 0 Å². The van der Waals surface area contributed by atoms with Crippen molar-refractivity contribution in [3.05, 3.63) is 52.8 Å². The minimum atomic E-state index is -0.325. The van der Waals surface area contributed by atoms with Crippen LogP contribution < -0.4 is 5.32 Å². The third-order valence-electron chi connectivity index (χ3n) is 5.27. The molecule has 1 saturated heterocycles. The summed E-state index contributed by atoms with van der Waals surface area (Å²) >= 11 is 0. The van der Waals surface area contributed by atoms with Crippen molar-refractivity contribution in [3.63, 3.8) is 0 Å². The van der Waals surface area contributed by atoms with E-state index in [9.17, 15) is 9.59 Å². The molecule has 0 aliphatic carbocycles. The van der Waals surface area contributed by atoms with Crippen LogP contribution in [0.1, 0.15) is 46.4 Å². The van der Waals surface area contributed by atoms with Gasteiger partial charge in [-0.1, -0.05) is 12.1 Å². The lowest BCUT2D eigenvalue weighted by Gasteiger charge is -2.25. The molecule has 1 fully saturated rings. The first-order chi connectivity index (χ1) is 13.5. The maximum absolute atomic E-state index is 12.3. The topological polar surface area (TPSA) is 76.5 Å². The molecule has 1 N–H and O–H groups in total. The summed E-state index contributed by atoms with van der Waals surface area (Å²) in [6.45, 7) is 4.18. The van der Waals surface area contributed by atoms with E-state index in [0.29, 0.717) is 18.5 Å². The molecular formula is C21H28N4O3. The number of rotatable bonds is 8. The Morgan fingerprint density at radius 3 is 2.71 bits per heavy atom. The van der Waals surface area contributed by atoms with Crippen molar-refractivity contribution in [2.24, 2.45) is 7.05 Å². The second-order valence-corrected chi connectivity index (χ2v) is 7.28. The molecule has 7 heteroatoms. The smallest absolute Gasteiger partial charge is 0.337 e. The Kier molecular flexibility index (Phi) is 6.46. The number of nitrogens with one attached hydrogen (secondary N) is 1. The Morgan fingerprint density at radius 2 is 2.07 bits per heavy atom. The maximum atomic E-state index is 12.3. The summed E-state index contributed by atoms with van der Waals surface area (Å²) in [5.41, 5.74) is 3.76. The summed E-state index contributed by atoms with van der Waals surface area (Å²) < 4.78 is 6.51. The molecule has 1 aromatic carbocycles. The van der Waals surface area contributed by atoms with Crippen molar-refractivity contribution < 1.29 is 14.3 Å². The van der Waals surface area contributed by atoms with Crippen LogP contribution in [0.4, 0.5) is 0 Å². The van der Waals surface area contributed by atoms with Gasteiger partial charge in [-0.15, -0.1) is 0 Å². The predicted octanol–water partition coefficient (Wildman–Crippen LogP) is 2.19. The minimum Gasteiger partial charge on any atom is -0.465 e. The minimum absolute atomic E-state index is 0.228. The van der Waals surface area contributed by atoms with Gasteiger partial charge in [-0.3, -0.25) is 9.48 Å². The molecule has 150 valence electrons. The van der Waals surface area contributed by atoms with E-state index in [-0.39, 0.29) is 17.9 Å². The Labute approximate surface area is 165 Å². The van der Waals surface area contributed by atoms with E-state index in [1.54, 1.807) is 16.8 Å². The fourth-order valence-corrected chi connectivity index (χ4v) is 3.68. The SMILES string of the molecule is COC(=O)c1ccc(CNCC[C@H]2CCC(=O)N2Cc2cn(C)nc2C)cc1. The first kappa shape index (κ1) is 20.1. The Hall–Kier alpha value is -2.67. The van der Waals surface area contributed by atoms with Crippen molar-refractivity contribution in [1.82, 2.24) is 20.0 Å². The van der Waals surface area contributed by atoms with Crippen molar-refractivity contribution in [2.45, 2.75) is 45.3 Å². The van der Waals surface area contributed by atoms with Gasteiger partial charge in [0.2, 0.25) is 5.91 Å². The van der Waals surface area contributed by atoms with E-state index in [0.717, 1.165) is 42.8 Å². The van der Waals surface area contributed by atoms with Crippen LogP contribution in [0.15, 0.2) is 30.5 Å². The van der Waals surface area contributed by atoms with E-state index < -0.39 is 0 Å². The summed E-state index contributed by atoms with van der Waals surface area (Å²) in [5.74, 6) is -0.0963. The highest BCUT2D eigenvalue weighted by atomic mass is 16.5. The number of likely N-dealkylation sites (tertiary alicyclic amines) is 1. The van der Waals surface area contributed by atoms with E-state index in [1.807, 2.05) is 37.2 Å². The summed E-state index contributed by atoms with van der Waals surface area (Å²) in [7, 11) is 3.28. The number of nitrogens with zero attached hydrogens (tertiary/aromatic N) is 3. The van der Waals surface area contributed by atoms with Gasteiger partial charge in [0.15, 0.2) is 0 Å². The van der Waals surface area contributed by atoms with Gasteiger partial charge in [0.25, 0.3) is 0 Å². The van der Waals surface area contributed by atoms with Crippen LogP contribution in [0.25, 0.3) is 0 Å². The zero-order valence-electron chi connectivity index (χ0n) is 16.8. The highest BCUT2D eigenvalue weighted by molar-refractivity contribution is 5.89. The van der Waals surface area contributed by atoms with E-state index >= 15 is 0 Å². The molecule has 1 aliphatic heterocycles. The molecule has 2 heterocycles. The monoisotopic (exact) mass is 384 g/mol. The van der Waals surface area contributed by atoms with Crippen LogP contribution in [0.5, 0.6) is 0 Å². The van der Waals surface area contributed by atoms with Crippen molar-refractivity contribution in [1.29, 1.82) is 0 Å². The predicted molar refractivity (Wildman–Crippen MR) is 106 cm³/mol. The zero-order chi connectivity index (χ0) is 20.1. The molecule has 7 nitrogen and oxygen atoms in total. The van der Waals surface area contributed by atoms with Crippen LogP contribution in [0.3, 0.4) is 0 Å². The number of hydrogen-bond acceptors (Lipinski definition) is 5. The Balaban J connectivity index is 1.47. The van der Waals surface area contributed by atoms with E-state index in [2.05, 4.69) is 10.4 Å². The molecule has 0 spiro atoms. The first-order valence-corrected chi connectivity index (χ1v) is 9.64. The standard InChI is InChI=1S/C21H28N4O3/c1-15-18(13-24(2)23-15)14-25-19(8-9-20(25)26)10-11-22-12-16-4-6-17(7-5-16)21(27)28-3/h4-7,13,19,22H,8-12,14H2,1-3H3/t19-/m1/s1. The number of aryl methyl sites for hydroxylation is 2. The molecule has 0 unspecified atom stereocenters. The maximum Gasteiger partial charge on any atom is 0.337 e. The largest absolute Gasteiger partial charge is 0.465 e. The number of methoxy groups -OCH3 is 1. The molecule has 1 atom stereocenters. The molecule has 2 aromatic rings. The summed E-state index contributed by atoms with van der Waals surface area (Å²) in [5, 5.41) is 7.81. The van der Waals surface area contributed by atoms with E-state index in [1.165, 1.54) is 7.11 Å². The molecule has 0 radical (unpaired) electrons.